The molecule has 0 saturated carbocycles. The fourth-order valence-corrected chi connectivity index (χ4v) is 5.04. The van der Waals surface area contributed by atoms with Gasteiger partial charge in [0.1, 0.15) is 11.6 Å². The summed E-state index contributed by atoms with van der Waals surface area (Å²) in [6.45, 7) is 2.02. The highest BCUT2D eigenvalue weighted by molar-refractivity contribution is 6.30. The molecule has 1 aliphatic carbocycles. The van der Waals surface area contributed by atoms with Crippen molar-refractivity contribution >= 4 is 34.7 Å². The van der Waals surface area contributed by atoms with Gasteiger partial charge in [0.15, 0.2) is 5.78 Å². The molecule has 1 heterocycles. The van der Waals surface area contributed by atoms with Gasteiger partial charge in [-0.05, 0) is 49.6 Å². The molecule has 2 N–H and O–H groups in total. The summed E-state index contributed by atoms with van der Waals surface area (Å²) in [5, 5.41) is 21.5. The summed E-state index contributed by atoms with van der Waals surface area (Å²) in [6, 6.07) is 24.5. The molecule has 5 rings (SSSR count). The molecular weight excluding hydrogens is 444 g/mol. The van der Waals surface area contributed by atoms with Crippen LogP contribution in [-0.4, -0.2) is 16.7 Å². The van der Waals surface area contributed by atoms with Gasteiger partial charge in [-0.1, -0.05) is 71.8 Å². The number of aryl methyl sites for hydroxylation is 1. The molecule has 0 fully saturated rings. The van der Waals surface area contributed by atoms with Crippen LogP contribution < -0.4 is 4.90 Å². The first-order valence-corrected chi connectivity index (χ1v) is 11.8. The van der Waals surface area contributed by atoms with Gasteiger partial charge in [-0.25, -0.2) is 0 Å². The third kappa shape index (κ3) is 3.84. The van der Waals surface area contributed by atoms with E-state index in [4.69, 9.17) is 11.6 Å². The second kappa shape index (κ2) is 8.96. The zero-order chi connectivity index (χ0) is 23.8. The number of hydrogen-bond acceptors (Lipinski definition) is 3. The van der Waals surface area contributed by atoms with Gasteiger partial charge in [-0.2, -0.15) is 0 Å². The van der Waals surface area contributed by atoms with Crippen molar-refractivity contribution in [3.05, 3.63) is 117 Å². The maximum Gasteiger partial charge on any atom is 0.161 e. The Morgan fingerprint density at radius 3 is 2.32 bits per heavy atom. The second-order valence-corrected chi connectivity index (χ2v) is 9.21. The SMILES string of the molecule is Cc1ccc([C@@H]2C3=C(CCCC3=O)N(c3ccc(Cl)cc3)C(=N)/C2=C(/O)c2ccccc2)cc1. The maximum absolute atomic E-state index is 13.4. The number of ketones is 1. The van der Waals surface area contributed by atoms with Crippen LogP contribution in [0.15, 0.2) is 95.7 Å². The molecule has 0 unspecified atom stereocenters. The lowest BCUT2D eigenvalue weighted by Gasteiger charge is -2.41. The minimum atomic E-state index is -0.514. The predicted octanol–water partition coefficient (Wildman–Crippen LogP) is 7.21. The minimum Gasteiger partial charge on any atom is -0.507 e. The Balaban J connectivity index is 1.82. The smallest absolute Gasteiger partial charge is 0.161 e. The number of aliphatic hydroxyl groups excluding tert-OH is 1. The van der Waals surface area contributed by atoms with Gasteiger partial charge in [0.05, 0.1) is 0 Å². The first-order chi connectivity index (χ1) is 16.5. The maximum atomic E-state index is 13.4. The van der Waals surface area contributed by atoms with Gasteiger partial charge in [0.25, 0.3) is 0 Å². The van der Waals surface area contributed by atoms with Crippen LogP contribution in [0.5, 0.6) is 0 Å². The predicted molar refractivity (Wildman–Crippen MR) is 137 cm³/mol. The molecular formula is C29H25ClN2O2. The largest absolute Gasteiger partial charge is 0.507 e. The number of carbonyl (C=O) groups excluding carboxylic acids is 1. The van der Waals surface area contributed by atoms with Crippen molar-refractivity contribution in [1.29, 1.82) is 5.41 Å². The highest BCUT2D eigenvalue weighted by Crippen LogP contribution is 2.47. The van der Waals surface area contributed by atoms with E-state index in [9.17, 15) is 15.3 Å². The van der Waals surface area contributed by atoms with Crippen LogP contribution in [0.2, 0.25) is 5.02 Å². The highest BCUT2D eigenvalue weighted by Gasteiger charge is 2.43. The number of Topliss-reactive ketones (excluding diaryl/α,β-unsaturated/α-hetero) is 1. The van der Waals surface area contributed by atoms with Crippen molar-refractivity contribution in [1.82, 2.24) is 0 Å². The zero-order valence-corrected chi connectivity index (χ0v) is 19.6. The zero-order valence-electron chi connectivity index (χ0n) is 18.9. The third-order valence-electron chi connectivity index (χ3n) is 6.55. The van der Waals surface area contributed by atoms with Gasteiger partial charge < -0.3 is 5.11 Å². The molecule has 1 aliphatic heterocycles. The van der Waals surface area contributed by atoms with Crippen LogP contribution in [0.4, 0.5) is 5.69 Å². The summed E-state index contributed by atoms with van der Waals surface area (Å²) in [5.41, 5.74) is 5.29. The molecule has 0 aromatic heterocycles. The number of amidine groups is 1. The molecule has 0 radical (unpaired) electrons. The van der Waals surface area contributed by atoms with Crippen LogP contribution >= 0.6 is 11.6 Å². The number of nitrogens with one attached hydrogen (secondary N) is 1. The van der Waals surface area contributed by atoms with Gasteiger partial charge in [-0.15, -0.1) is 0 Å². The van der Waals surface area contributed by atoms with Crippen LogP contribution in [0.1, 0.15) is 41.9 Å². The molecule has 0 bridgehead atoms. The molecule has 0 amide bonds. The summed E-state index contributed by atoms with van der Waals surface area (Å²) in [5.74, 6) is -0.265. The summed E-state index contributed by atoms with van der Waals surface area (Å²) < 4.78 is 0. The number of allylic oxidation sites excluding steroid dienone is 2. The van der Waals surface area contributed by atoms with Crippen molar-refractivity contribution in [3.63, 3.8) is 0 Å². The molecule has 2 aliphatic rings. The molecule has 3 aromatic carbocycles. The van der Waals surface area contributed by atoms with Crippen molar-refractivity contribution in [2.24, 2.45) is 0 Å². The molecule has 5 heteroatoms. The fourth-order valence-electron chi connectivity index (χ4n) is 4.91. The van der Waals surface area contributed by atoms with Crippen LogP contribution in [-0.2, 0) is 4.79 Å². The van der Waals surface area contributed by atoms with E-state index >= 15 is 0 Å². The Morgan fingerprint density at radius 2 is 1.65 bits per heavy atom. The van der Waals surface area contributed by atoms with Crippen molar-refractivity contribution < 1.29 is 9.90 Å². The normalized spacial score (nSPS) is 19.8. The van der Waals surface area contributed by atoms with Gasteiger partial charge in [-0.3, -0.25) is 15.1 Å². The lowest BCUT2D eigenvalue weighted by atomic mass is 9.73. The Bertz CT molecular complexity index is 1320. The van der Waals surface area contributed by atoms with Crippen LogP contribution in [0.25, 0.3) is 5.76 Å². The number of carbonyl (C=O) groups is 1. The number of hydrogen-bond donors (Lipinski definition) is 2. The van der Waals surface area contributed by atoms with E-state index in [1.54, 1.807) is 12.1 Å². The summed E-state index contributed by atoms with van der Waals surface area (Å²) in [6.07, 6.45) is 1.88. The number of anilines is 1. The molecule has 0 spiro atoms. The first kappa shape index (κ1) is 22.2. The van der Waals surface area contributed by atoms with E-state index in [0.717, 1.165) is 28.9 Å². The van der Waals surface area contributed by atoms with Gasteiger partial charge >= 0.3 is 0 Å². The first-order valence-electron chi connectivity index (χ1n) is 11.4. The van der Waals surface area contributed by atoms with E-state index in [-0.39, 0.29) is 17.4 Å². The van der Waals surface area contributed by atoms with Crippen molar-refractivity contribution in [2.75, 3.05) is 4.90 Å². The quantitative estimate of drug-likeness (QED) is 0.399. The molecule has 4 nitrogen and oxygen atoms in total. The summed E-state index contributed by atoms with van der Waals surface area (Å²) in [7, 11) is 0. The lowest BCUT2D eigenvalue weighted by Crippen LogP contribution is -2.42. The number of rotatable bonds is 3. The second-order valence-electron chi connectivity index (χ2n) is 8.77. The third-order valence-corrected chi connectivity index (χ3v) is 6.80. The Morgan fingerprint density at radius 1 is 0.971 bits per heavy atom. The Labute approximate surface area is 204 Å². The monoisotopic (exact) mass is 468 g/mol. The molecule has 34 heavy (non-hydrogen) atoms. The number of nitrogens with zero attached hydrogens (tertiary/aromatic N) is 1. The van der Waals surface area contributed by atoms with E-state index in [1.165, 1.54) is 0 Å². The van der Waals surface area contributed by atoms with E-state index in [0.29, 0.717) is 34.6 Å². The van der Waals surface area contributed by atoms with Gasteiger partial charge in [0, 0.05) is 45.5 Å². The standard InChI is InChI=1S/C29H25ClN2O2/c1-18-10-12-19(13-11-18)25-26-23(8-5-9-24(26)33)32(22-16-14-21(30)15-17-22)29(31)27(25)28(34)20-6-3-2-4-7-20/h2-4,6-7,10-17,25,31,34H,5,8-9H2,1H3/b28-27+,31-29?/t25-/m1/s1. The number of benzene rings is 3. The molecule has 170 valence electrons. The summed E-state index contributed by atoms with van der Waals surface area (Å²) >= 11 is 6.14. The molecule has 0 saturated heterocycles. The number of halogens is 1. The lowest BCUT2D eigenvalue weighted by molar-refractivity contribution is -0.116. The van der Waals surface area contributed by atoms with Gasteiger partial charge in [0.2, 0.25) is 0 Å². The van der Waals surface area contributed by atoms with E-state index in [2.05, 4.69) is 0 Å². The van der Waals surface area contributed by atoms with Crippen LogP contribution in [0, 0.1) is 12.3 Å². The minimum absolute atomic E-state index is 0.0139. The topological polar surface area (TPSA) is 64.4 Å². The Kier molecular flexibility index (Phi) is 5.84. The van der Waals surface area contributed by atoms with Crippen molar-refractivity contribution in [2.45, 2.75) is 32.1 Å². The van der Waals surface area contributed by atoms with Crippen LogP contribution in [0.3, 0.4) is 0 Å². The van der Waals surface area contributed by atoms with E-state index < -0.39 is 5.92 Å². The summed E-state index contributed by atoms with van der Waals surface area (Å²) in [4.78, 5) is 15.2. The number of aliphatic hydroxyl groups is 1. The average Bonchev–Trinajstić information content (AvgIpc) is 2.85. The van der Waals surface area contributed by atoms with E-state index in [1.807, 2.05) is 78.6 Å². The highest BCUT2D eigenvalue weighted by atomic mass is 35.5. The molecule has 3 aromatic rings. The Hall–Kier alpha value is -3.63. The fraction of sp³-hybridized carbons (Fsp3) is 0.172. The average molecular weight is 469 g/mol. The molecule has 1 atom stereocenters. The van der Waals surface area contributed by atoms with Crippen molar-refractivity contribution in [3.8, 4) is 0 Å².